The van der Waals surface area contributed by atoms with Crippen LogP contribution in [0.1, 0.15) is 19.3 Å². The summed E-state index contributed by atoms with van der Waals surface area (Å²) in [4.78, 5) is 0. The van der Waals surface area contributed by atoms with Gasteiger partial charge in [0, 0.05) is 19.6 Å². The molecule has 0 aromatic heterocycles. The predicted octanol–water partition coefficient (Wildman–Crippen LogP) is 2.23. The van der Waals surface area contributed by atoms with E-state index >= 15 is 0 Å². The summed E-state index contributed by atoms with van der Waals surface area (Å²) < 4.78 is 16.6. The molecule has 0 saturated carbocycles. The SMILES string of the molecule is Nc1ccccc1OCCCOCC1CCCO1. The van der Waals surface area contributed by atoms with Gasteiger partial charge in [-0.15, -0.1) is 0 Å². The van der Waals surface area contributed by atoms with Crippen LogP contribution in [0.3, 0.4) is 0 Å². The zero-order valence-corrected chi connectivity index (χ0v) is 10.6. The molecular weight excluding hydrogens is 230 g/mol. The number of ether oxygens (including phenoxy) is 3. The number of hydrogen-bond acceptors (Lipinski definition) is 4. The number of rotatable bonds is 7. The summed E-state index contributed by atoms with van der Waals surface area (Å²) in [5.74, 6) is 0.747. The summed E-state index contributed by atoms with van der Waals surface area (Å²) in [6.45, 7) is 2.91. The van der Waals surface area contributed by atoms with Gasteiger partial charge in [-0.1, -0.05) is 12.1 Å². The van der Waals surface area contributed by atoms with Crippen LogP contribution in [0.2, 0.25) is 0 Å². The Hall–Kier alpha value is -1.26. The highest BCUT2D eigenvalue weighted by atomic mass is 16.5. The number of benzene rings is 1. The first-order chi connectivity index (χ1) is 8.86. The molecule has 0 bridgehead atoms. The first-order valence-corrected chi connectivity index (χ1v) is 6.53. The minimum atomic E-state index is 0.302. The Morgan fingerprint density at radius 2 is 2.17 bits per heavy atom. The van der Waals surface area contributed by atoms with E-state index in [4.69, 9.17) is 19.9 Å². The molecule has 0 spiro atoms. The van der Waals surface area contributed by atoms with Crippen LogP contribution in [-0.4, -0.2) is 32.5 Å². The molecule has 1 saturated heterocycles. The van der Waals surface area contributed by atoms with Gasteiger partial charge in [-0.05, 0) is 25.0 Å². The molecule has 1 aromatic rings. The predicted molar refractivity (Wildman–Crippen MR) is 70.8 cm³/mol. The Kier molecular flexibility index (Phi) is 5.30. The molecule has 1 fully saturated rings. The third-order valence-corrected chi connectivity index (χ3v) is 2.94. The van der Waals surface area contributed by atoms with Crippen molar-refractivity contribution >= 4 is 5.69 Å². The van der Waals surface area contributed by atoms with Crippen LogP contribution >= 0.6 is 0 Å². The van der Waals surface area contributed by atoms with Crippen molar-refractivity contribution in [1.82, 2.24) is 0 Å². The van der Waals surface area contributed by atoms with Crippen molar-refractivity contribution in [2.45, 2.75) is 25.4 Å². The summed E-state index contributed by atoms with van der Waals surface area (Å²) in [6.07, 6.45) is 3.44. The first-order valence-electron chi connectivity index (χ1n) is 6.53. The maximum atomic E-state index is 5.77. The van der Waals surface area contributed by atoms with Gasteiger partial charge >= 0.3 is 0 Å². The Bertz CT molecular complexity index is 351. The highest BCUT2D eigenvalue weighted by Crippen LogP contribution is 2.19. The maximum absolute atomic E-state index is 5.77. The lowest BCUT2D eigenvalue weighted by Crippen LogP contribution is -2.15. The molecule has 1 aliphatic heterocycles. The topological polar surface area (TPSA) is 53.7 Å². The highest BCUT2D eigenvalue weighted by molar-refractivity contribution is 5.51. The summed E-state index contributed by atoms with van der Waals surface area (Å²) >= 11 is 0. The summed E-state index contributed by atoms with van der Waals surface area (Å²) in [7, 11) is 0. The zero-order valence-electron chi connectivity index (χ0n) is 10.6. The second-order valence-corrected chi connectivity index (χ2v) is 4.45. The van der Waals surface area contributed by atoms with E-state index in [0.717, 1.165) is 31.6 Å². The van der Waals surface area contributed by atoms with E-state index in [2.05, 4.69) is 0 Å². The van der Waals surface area contributed by atoms with E-state index in [1.807, 2.05) is 24.3 Å². The van der Waals surface area contributed by atoms with E-state index in [0.29, 0.717) is 31.6 Å². The molecule has 4 nitrogen and oxygen atoms in total. The molecule has 4 heteroatoms. The number of nitrogen functional groups attached to an aromatic ring is 1. The Morgan fingerprint density at radius 3 is 2.94 bits per heavy atom. The lowest BCUT2D eigenvalue weighted by molar-refractivity contribution is 0.0141. The van der Waals surface area contributed by atoms with E-state index in [1.54, 1.807) is 0 Å². The molecule has 1 aromatic carbocycles. The first kappa shape index (κ1) is 13.2. The average Bonchev–Trinajstić information content (AvgIpc) is 2.89. The Balaban J connectivity index is 1.52. The average molecular weight is 251 g/mol. The molecule has 2 rings (SSSR count). The minimum absolute atomic E-state index is 0.302. The van der Waals surface area contributed by atoms with Crippen LogP contribution in [-0.2, 0) is 9.47 Å². The van der Waals surface area contributed by atoms with Crippen LogP contribution in [0, 0.1) is 0 Å². The van der Waals surface area contributed by atoms with Crippen molar-refractivity contribution in [2.75, 3.05) is 32.2 Å². The molecule has 1 atom stereocenters. The number of anilines is 1. The second kappa shape index (κ2) is 7.24. The van der Waals surface area contributed by atoms with Crippen molar-refractivity contribution in [2.24, 2.45) is 0 Å². The normalized spacial score (nSPS) is 19.0. The zero-order chi connectivity index (χ0) is 12.6. The molecule has 2 N–H and O–H groups in total. The van der Waals surface area contributed by atoms with Gasteiger partial charge in [0.25, 0.3) is 0 Å². The fourth-order valence-corrected chi connectivity index (χ4v) is 1.95. The summed E-state index contributed by atoms with van der Waals surface area (Å²) in [5.41, 5.74) is 6.45. The fraction of sp³-hybridized carbons (Fsp3) is 0.571. The van der Waals surface area contributed by atoms with Crippen molar-refractivity contribution < 1.29 is 14.2 Å². The maximum Gasteiger partial charge on any atom is 0.142 e. The lowest BCUT2D eigenvalue weighted by Gasteiger charge is -2.11. The molecule has 1 aliphatic rings. The third kappa shape index (κ3) is 4.20. The third-order valence-electron chi connectivity index (χ3n) is 2.94. The molecular formula is C14H21NO3. The van der Waals surface area contributed by atoms with Crippen LogP contribution in [0.15, 0.2) is 24.3 Å². The van der Waals surface area contributed by atoms with Gasteiger partial charge in [0.1, 0.15) is 5.75 Å². The van der Waals surface area contributed by atoms with Crippen molar-refractivity contribution in [3.05, 3.63) is 24.3 Å². The van der Waals surface area contributed by atoms with Gasteiger partial charge in [0.15, 0.2) is 0 Å². The standard InChI is InChI=1S/C14H21NO3/c15-13-6-1-2-7-14(13)18-10-4-8-16-11-12-5-3-9-17-12/h1-2,6-7,12H,3-5,8-11,15H2. The van der Waals surface area contributed by atoms with Gasteiger partial charge in [0.05, 0.1) is 25.0 Å². The molecule has 100 valence electrons. The van der Waals surface area contributed by atoms with E-state index in [1.165, 1.54) is 0 Å². The molecule has 0 amide bonds. The van der Waals surface area contributed by atoms with Crippen LogP contribution in [0.25, 0.3) is 0 Å². The number of para-hydroxylation sites is 2. The van der Waals surface area contributed by atoms with Crippen molar-refractivity contribution in [3.63, 3.8) is 0 Å². The quantitative estimate of drug-likeness (QED) is 0.596. The van der Waals surface area contributed by atoms with Gasteiger partial charge in [0.2, 0.25) is 0 Å². The van der Waals surface area contributed by atoms with Gasteiger partial charge in [-0.2, -0.15) is 0 Å². The second-order valence-electron chi connectivity index (χ2n) is 4.45. The van der Waals surface area contributed by atoms with Crippen molar-refractivity contribution in [1.29, 1.82) is 0 Å². The van der Waals surface area contributed by atoms with E-state index in [9.17, 15) is 0 Å². The van der Waals surface area contributed by atoms with Gasteiger partial charge in [-0.25, -0.2) is 0 Å². The Morgan fingerprint density at radius 1 is 1.28 bits per heavy atom. The van der Waals surface area contributed by atoms with Crippen LogP contribution in [0.5, 0.6) is 5.75 Å². The molecule has 0 aliphatic carbocycles. The van der Waals surface area contributed by atoms with Gasteiger partial charge in [-0.3, -0.25) is 0 Å². The highest BCUT2D eigenvalue weighted by Gasteiger charge is 2.14. The minimum Gasteiger partial charge on any atom is -0.491 e. The number of hydrogen-bond donors (Lipinski definition) is 1. The Labute approximate surface area is 108 Å². The van der Waals surface area contributed by atoms with Crippen LogP contribution in [0.4, 0.5) is 5.69 Å². The molecule has 1 heterocycles. The largest absolute Gasteiger partial charge is 0.491 e. The number of nitrogens with two attached hydrogens (primary N) is 1. The molecule has 18 heavy (non-hydrogen) atoms. The summed E-state index contributed by atoms with van der Waals surface area (Å²) in [6, 6.07) is 7.53. The summed E-state index contributed by atoms with van der Waals surface area (Å²) in [5, 5.41) is 0. The molecule has 0 radical (unpaired) electrons. The van der Waals surface area contributed by atoms with E-state index < -0.39 is 0 Å². The smallest absolute Gasteiger partial charge is 0.142 e. The van der Waals surface area contributed by atoms with Crippen molar-refractivity contribution in [3.8, 4) is 5.75 Å². The fourth-order valence-electron chi connectivity index (χ4n) is 1.95. The molecule has 1 unspecified atom stereocenters. The lowest BCUT2D eigenvalue weighted by atomic mass is 10.2. The van der Waals surface area contributed by atoms with E-state index in [-0.39, 0.29) is 0 Å². The van der Waals surface area contributed by atoms with Gasteiger partial charge < -0.3 is 19.9 Å². The van der Waals surface area contributed by atoms with Crippen LogP contribution < -0.4 is 10.5 Å². The monoisotopic (exact) mass is 251 g/mol.